The van der Waals surface area contributed by atoms with Crippen molar-refractivity contribution in [2.24, 2.45) is 11.3 Å². The van der Waals surface area contributed by atoms with Gasteiger partial charge in [0.1, 0.15) is 0 Å². The molecule has 0 bridgehead atoms. The topological polar surface area (TPSA) is 32.3 Å². The molecule has 2 nitrogen and oxygen atoms in total. The highest BCUT2D eigenvalue weighted by Crippen LogP contribution is 2.50. The SMILES string of the molecule is CC1CC(C)(C)CC1(O)C1CCCN1. The molecule has 0 amide bonds. The second kappa shape index (κ2) is 3.21. The van der Waals surface area contributed by atoms with Crippen LogP contribution in [0.1, 0.15) is 46.5 Å². The Balaban J connectivity index is 2.14. The molecular formula is C12H23NO. The highest BCUT2D eigenvalue weighted by atomic mass is 16.3. The van der Waals surface area contributed by atoms with Crippen molar-refractivity contribution in [1.82, 2.24) is 5.32 Å². The molecule has 3 atom stereocenters. The zero-order valence-electron chi connectivity index (χ0n) is 9.64. The van der Waals surface area contributed by atoms with E-state index >= 15 is 0 Å². The van der Waals surface area contributed by atoms with E-state index in [1.165, 1.54) is 6.42 Å². The first kappa shape index (κ1) is 10.4. The summed E-state index contributed by atoms with van der Waals surface area (Å²) in [6.07, 6.45) is 4.48. The Kier molecular flexibility index (Phi) is 2.39. The quantitative estimate of drug-likeness (QED) is 0.673. The molecule has 3 unspecified atom stereocenters. The summed E-state index contributed by atoms with van der Waals surface area (Å²) in [5.41, 5.74) is -0.127. The molecule has 14 heavy (non-hydrogen) atoms. The second-order valence-electron chi connectivity index (χ2n) is 6.09. The van der Waals surface area contributed by atoms with E-state index in [0.29, 0.717) is 17.4 Å². The molecule has 1 saturated carbocycles. The van der Waals surface area contributed by atoms with Gasteiger partial charge in [0.25, 0.3) is 0 Å². The van der Waals surface area contributed by atoms with Gasteiger partial charge in [-0.1, -0.05) is 20.8 Å². The molecule has 2 rings (SSSR count). The van der Waals surface area contributed by atoms with E-state index < -0.39 is 5.60 Å². The van der Waals surface area contributed by atoms with E-state index in [1.54, 1.807) is 0 Å². The van der Waals surface area contributed by atoms with Crippen molar-refractivity contribution in [1.29, 1.82) is 0 Å². The standard InChI is InChI=1S/C12H23NO/c1-9-7-11(2,3)8-12(9,14)10-5-4-6-13-10/h9-10,13-14H,4-8H2,1-3H3. The van der Waals surface area contributed by atoms with Crippen LogP contribution in [0.3, 0.4) is 0 Å². The minimum Gasteiger partial charge on any atom is -0.388 e. The summed E-state index contributed by atoms with van der Waals surface area (Å²) in [4.78, 5) is 0. The largest absolute Gasteiger partial charge is 0.388 e. The maximum atomic E-state index is 10.7. The third kappa shape index (κ3) is 1.59. The fourth-order valence-electron chi connectivity index (χ4n) is 3.60. The Hall–Kier alpha value is -0.0800. The van der Waals surface area contributed by atoms with Gasteiger partial charge in [-0.3, -0.25) is 0 Å². The predicted molar refractivity (Wildman–Crippen MR) is 58.2 cm³/mol. The fraction of sp³-hybridized carbons (Fsp3) is 1.00. The van der Waals surface area contributed by atoms with Crippen LogP contribution in [0.25, 0.3) is 0 Å². The minimum atomic E-state index is -0.444. The van der Waals surface area contributed by atoms with Gasteiger partial charge in [-0.2, -0.15) is 0 Å². The summed E-state index contributed by atoms with van der Waals surface area (Å²) < 4.78 is 0. The molecule has 1 heterocycles. The van der Waals surface area contributed by atoms with Crippen LogP contribution in [-0.2, 0) is 0 Å². The number of rotatable bonds is 1. The molecule has 2 fully saturated rings. The first-order chi connectivity index (χ1) is 6.44. The fourth-order valence-corrected chi connectivity index (χ4v) is 3.60. The van der Waals surface area contributed by atoms with Crippen LogP contribution >= 0.6 is 0 Å². The van der Waals surface area contributed by atoms with Crippen molar-refractivity contribution in [3.8, 4) is 0 Å². The summed E-state index contributed by atoms with van der Waals surface area (Å²) in [7, 11) is 0. The Morgan fingerprint density at radius 3 is 2.50 bits per heavy atom. The van der Waals surface area contributed by atoms with Gasteiger partial charge in [0.05, 0.1) is 5.60 Å². The monoisotopic (exact) mass is 197 g/mol. The van der Waals surface area contributed by atoms with Crippen LogP contribution in [0.15, 0.2) is 0 Å². The lowest BCUT2D eigenvalue weighted by Gasteiger charge is -2.34. The summed E-state index contributed by atoms with van der Waals surface area (Å²) in [6, 6.07) is 0.347. The summed E-state index contributed by atoms with van der Waals surface area (Å²) >= 11 is 0. The molecule has 0 spiro atoms. The molecule has 0 radical (unpaired) electrons. The van der Waals surface area contributed by atoms with Gasteiger partial charge in [0.15, 0.2) is 0 Å². The van der Waals surface area contributed by atoms with Gasteiger partial charge in [-0.25, -0.2) is 0 Å². The highest BCUT2D eigenvalue weighted by Gasteiger charge is 2.52. The van der Waals surface area contributed by atoms with Crippen LogP contribution in [-0.4, -0.2) is 23.3 Å². The number of hydrogen-bond acceptors (Lipinski definition) is 2. The molecule has 1 aliphatic carbocycles. The lowest BCUT2D eigenvalue weighted by Crippen LogP contribution is -2.49. The zero-order valence-corrected chi connectivity index (χ0v) is 9.64. The zero-order chi connectivity index (χ0) is 10.4. The van der Waals surface area contributed by atoms with Gasteiger partial charge in [0.2, 0.25) is 0 Å². The van der Waals surface area contributed by atoms with Crippen LogP contribution in [0.5, 0.6) is 0 Å². The third-order valence-electron chi connectivity index (χ3n) is 4.14. The van der Waals surface area contributed by atoms with Crippen LogP contribution < -0.4 is 5.32 Å². The number of hydrogen-bond donors (Lipinski definition) is 2. The molecular weight excluding hydrogens is 174 g/mol. The van der Waals surface area contributed by atoms with E-state index in [9.17, 15) is 5.11 Å². The predicted octanol–water partition coefficient (Wildman–Crippen LogP) is 1.93. The van der Waals surface area contributed by atoms with Crippen molar-refractivity contribution < 1.29 is 5.11 Å². The maximum Gasteiger partial charge on any atom is 0.0830 e. The van der Waals surface area contributed by atoms with Crippen LogP contribution in [0.4, 0.5) is 0 Å². The molecule has 2 N–H and O–H groups in total. The van der Waals surface area contributed by atoms with Gasteiger partial charge >= 0.3 is 0 Å². The van der Waals surface area contributed by atoms with Gasteiger partial charge in [0, 0.05) is 6.04 Å². The Morgan fingerprint density at radius 1 is 1.36 bits per heavy atom. The molecule has 2 heteroatoms. The average Bonchev–Trinajstić information content (AvgIpc) is 2.58. The Bertz CT molecular complexity index is 220. The molecule has 2 aliphatic rings. The minimum absolute atomic E-state index is 0.318. The lowest BCUT2D eigenvalue weighted by molar-refractivity contribution is -0.0259. The van der Waals surface area contributed by atoms with Crippen molar-refractivity contribution >= 4 is 0 Å². The summed E-state index contributed by atoms with van der Waals surface area (Å²) in [5.74, 6) is 0.438. The second-order valence-corrected chi connectivity index (χ2v) is 6.09. The Labute approximate surface area is 87.1 Å². The highest BCUT2D eigenvalue weighted by molar-refractivity contribution is 5.06. The smallest absolute Gasteiger partial charge is 0.0830 e. The maximum absolute atomic E-state index is 10.7. The molecule has 82 valence electrons. The molecule has 0 aromatic carbocycles. The third-order valence-corrected chi connectivity index (χ3v) is 4.14. The first-order valence-electron chi connectivity index (χ1n) is 5.90. The number of aliphatic hydroxyl groups is 1. The van der Waals surface area contributed by atoms with E-state index in [4.69, 9.17) is 0 Å². The average molecular weight is 197 g/mol. The van der Waals surface area contributed by atoms with Crippen molar-refractivity contribution in [2.45, 2.75) is 58.1 Å². The molecule has 0 aromatic heterocycles. The van der Waals surface area contributed by atoms with Crippen molar-refractivity contribution in [3.05, 3.63) is 0 Å². The van der Waals surface area contributed by atoms with Gasteiger partial charge in [-0.15, -0.1) is 0 Å². The molecule has 1 saturated heterocycles. The summed E-state index contributed by atoms with van der Waals surface area (Å²) in [5, 5.41) is 14.2. The van der Waals surface area contributed by atoms with Crippen molar-refractivity contribution in [2.75, 3.05) is 6.54 Å². The van der Waals surface area contributed by atoms with E-state index in [0.717, 1.165) is 25.8 Å². The normalized spacial score (nSPS) is 47.1. The van der Waals surface area contributed by atoms with E-state index in [-0.39, 0.29) is 0 Å². The Morgan fingerprint density at radius 2 is 2.07 bits per heavy atom. The van der Waals surface area contributed by atoms with Gasteiger partial charge < -0.3 is 10.4 Å². The summed E-state index contributed by atoms with van der Waals surface area (Å²) in [6.45, 7) is 7.84. The number of nitrogens with one attached hydrogen (secondary N) is 1. The van der Waals surface area contributed by atoms with Crippen LogP contribution in [0, 0.1) is 11.3 Å². The van der Waals surface area contributed by atoms with Gasteiger partial charge in [-0.05, 0) is 43.6 Å². The van der Waals surface area contributed by atoms with Crippen LogP contribution in [0.2, 0.25) is 0 Å². The van der Waals surface area contributed by atoms with E-state index in [2.05, 4.69) is 26.1 Å². The molecule has 0 aromatic rings. The first-order valence-corrected chi connectivity index (χ1v) is 5.90. The van der Waals surface area contributed by atoms with Crippen molar-refractivity contribution in [3.63, 3.8) is 0 Å². The molecule has 1 aliphatic heterocycles. The lowest BCUT2D eigenvalue weighted by atomic mass is 9.83. The van der Waals surface area contributed by atoms with E-state index in [1.807, 2.05) is 0 Å².